The van der Waals surface area contributed by atoms with Gasteiger partial charge in [-0.25, -0.2) is 4.98 Å². The van der Waals surface area contributed by atoms with Gasteiger partial charge in [-0.3, -0.25) is 14.1 Å². The van der Waals surface area contributed by atoms with Crippen LogP contribution in [-0.2, 0) is 6.54 Å². The van der Waals surface area contributed by atoms with Crippen LogP contribution in [0.3, 0.4) is 0 Å². The number of carbonyl (C=O) groups is 1. The Morgan fingerprint density at radius 3 is 2.91 bits per heavy atom. The van der Waals surface area contributed by atoms with Crippen molar-refractivity contribution in [1.29, 1.82) is 0 Å². The van der Waals surface area contributed by atoms with Crippen molar-refractivity contribution in [2.75, 3.05) is 13.1 Å². The summed E-state index contributed by atoms with van der Waals surface area (Å²) in [5, 5.41) is 7.22. The fraction of sp³-hybridized carbons (Fsp3) is 0.375. The Morgan fingerprint density at radius 2 is 2.17 bits per heavy atom. The summed E-state index contributed by atoms with van der Waals surface area (Å²) in [7, 11) is 0. The van der Waals surface area contributed by atoms with Gasteiger partial charge in [0.2, 0.25) is 0 Å². The number of fused-ring (bicyclic) bond motifs is 1. The number of thiazole rings is 1. The molecule has 0 saturated carbocycles. The molecule has 1 aliphatic heterocycles. The number of imidazole rings is 1. The average molecular weight is 346 g/mol. The van der Waals surface area contributed by atoms with E-state index in [1.807, 2.05) is 27.3 Å². The number of carbonyl (C=O) groups excluding carboxylic acids is 1. The second-order valence-corrected chi connectivity index (χ2v) is 7.73. The zero-order valence-electron chi connectivity index (χ0n) is 12.6. The van der Waals surface area contributed by atoms with Crippen LogP contribution in [0.25, 0.3) is 4.96 Å². The van der Waals surface area contributed by atoms with Gasteiger partial charge in [-0.2, -0.15) is 0 Å². The quantitative estimate of drug-likeness (QED) is 0.790. The largest absolute Gasteiger partial charge is 0.348 e. The molecular formula is C16H18N4OS2. The maximum absolute atomic E-state index is 12.3. The maximum atomic E-state index is 12.3. The number of nitrogens with zero attached hydrogens (tertiary/aromatic N) is 3. The lowest BCUT2D eigenvalue weighted by molar-refractivity contribution is 0.0905. The lowest BCUT2D eigenvalue weighted by Gasteiger charge is -2.31. The highest BCUT2D eigenvalue weighted by molar-refractivity contribution is 7.15. The third-order valence-electron chi connectivity index (χ3n) is 4.21. The second kappa shape index (κ2) is 6.43. The molecule has 3 aromatic rings. The SMILES string of the molecule is O=C(NC1CCN(Cc2cccs2)CC1)c1cn2ccsc2n1. The number of hydrogen-bond donors (Lipinski definition) is 1. The van der Waals surface area contributed by atoms with Crippen LogP contribution in [0.4, 0.5) is 0 Å². The van der Waals surface area contributed by atoms with Gasteiger partial charge >= 0.3 is 0 Å². The van der Waals surface area contributed by atoms with Crippen LogP contribution in [0.5, 0.6) is 0 Å². The maximum Gasteiger partial charge on any atom is 0.271 e. The van der Waals surface area contributed by atoms with Gasteiger partial charge in [-0.15, -0.1) is 22.7 Å². The Kier molecular flexibility index (Phi) is 4.15. The number of rotatable bonds is 4. The molecule has 0 aromatic carbocycles. The molecule has 1 saturated heterocycles. The van der Waals surface area contributed by atoms with E-state index in [1.165, 1.54) is 16.2 Å². The highest BCUT2D eigenvalue weighted by atomic mass is 32.1. The fourth-order valence-corrected chi connectivity index (χ4v) is 4.40. The first kappa shape index (κ1) is 14.9. The average Bonchev–Trinajstić information content (AvgIpc) is 3.25. The van der Waals surface area contributed by atoms with E-state index >= 15 is 0 Å². The molecule has 4 rings (SSSR count). The molecule has 0 unspecified atom stereocenters. The smallest absolute Gasteiger partial charge is 0.271 e. The molecule has 4 heterocycles. The van der Waals surface area contributed by atoms with Gasteiger partial charge in [0.1, 0.15) is 5.69 Å². The van der Waals surface area contributed by atoms with Gasteiger partial charge in [0.15, 0.2) is 4.96 Å². The number of aromatic nitrogens is 2. The predicted octanol–water partition coefficient (Wildman–Crippen LogP) is 2.85. The van der Waals surface area contributed by atoms with Crippen molar-refractivity contribution < 1.29 is 4.79 Å². The van der Waals surface area contributed by atoms with Crippen LogP contribution in [0.15, 0.2) is 35.3 Å². The fourth-order valence-electron chi connectivity index (χ4n) is 2.95. The van der Waals surface area contributed by atoms with Crippen LogP contribution in [0.1, 0.15) is 28.2 Å². The number of amides is 1. The summed E-state index contributed by atoms with van der Waals surface area (Å²) < 4.78 is 1.89. The summed E-state index contributed by atoms with van der Waals surface area (Å²) in [6.07, 6.45) is 5.72. The van der Waals surface area contributed by atoms with Crippen molar-refractivity contribution in [3.05, 3.63) is 45.9 Å². The van der Waals surface area contributed by atoms with E-state index in [0.29, 0.717) is 5.69 Å². The molecule has 0 aliphatic carbocycles. The Bertz CT molecular complexity index is 756. The van der Waals surface area contributed by atoms with Crippen molar-refractivity contribution in [2.45, 2.75) is 25.4 Å². The van der Waals surface area contributed by atoms with Crippen LogP contribution in [0.2, 0.25) is 0 Å². The molecule has 5 nitrogen and oxygen atoms in total. The van der Waals surface area contributed by atoms with Gasteiger partial charge in [-0.1, -0.05) is 6.07 Å². The van der Waals surface area contributed by atoms with Crippen molar-refractivity contribution in [1.82, 2.24) is 19.6 Å². The number of piperidine rings is 1. The minimum atomic E-state index is -0.0578. The molecule has 1 amide bonds. The van der Waals surface area contributed by atoms with Crippen molar-refractivity contribution in [3.63, 3.8) is 0 Å². The molecule has 0 spiro atoms. The molecule has 23 heavy (non-hydrogen) atoms. The normalized spacial score (nSPS) is 16.9. The standard InChI is InChI=1S/C16H18N4OS2/c21-15(14-11-20-7-9-23-16(20)18-14)17-12-3-5-19(6-4-12)10-13-2-1-8-22-13/h1-2,7-9,11-12H,3-6,10H2,(H,17,21). The molecule has 7 heteroatoms. The highest BCUT2D eigenvalue weighted by Gasteiger charge is 2.22. The summed E-state index contributed by atoms with van der Waals surface area (Å²) >= 11 is 3.35. The Morgan fingerprint density at radius 1 is 1.30 bits per heavy atom. The minimum Gasteiger partial charge on any atom is -0.348 e. The highest BCUT2D eigenvalue weighted by Crippen LogP contribution is 2.17. The molecular weight excluding hydrogens is 328 g/mol. The van der Waals surface area contributed by atoms with E-state index < -0.39 is 0 Å². The van der Waals surface area contributed by atoms with Crippen LogP contribution < -0.4 is 5.32 Å². The van der Waals surface area contributed by atoms with Gasteiger partial charge in [0, 0.05) is 48.3 Å². The van der Waals surface area contributed by atoms with Crippen LogP contribution >= 0.6 is 22.7 Å². The lowest BCUT2D eigenvalue weighted by Crippen LogP contribution is -2.44. The van der Waals surface area contributed by atoms with E-state index in [1.54, 1.807) is 6.20 Å². The van der Waals surface area contributed by atoms with Gasteiger partial charge < -0.3 is 5.32 Å². The number of hydrogen-bond acceptors (Lipinski definition) is 5. The number of likely N-dealkylation sites (tertiary alicyclic amines) is 1. The third kappa shape index (κ3) is 3.31. The monoisotopic (exact) mass is 346 g/mol. The molecule has 1 aliphatic rings. The second-order valence-electron chi connectivity index (χ2n) is 5.82. The minimum absolute atomic E-state index is 0.0578. The first-order valence-electron chi connectivity index (χ1n) is 7.76. The zero-order valence-corrected chi connectivity index (χ0v) is 14.3. The molecule has 3 aromatic heterocycles. The molecule has 0 bridgehead atoms. The van der Waals surface area contributed by atoms with E-state index in [2.05, 4.69) is 32.7 Å². The molecule has 0 radical (unpaired) electrons. The lowest BCUT2D eigenvalue weighted by atomic mass is 10.0. The van der Waals surface area contributed by atoms with Gasteiger partial charge in [0.05, 0.1) is 0 Å². The first-order chi connectivity index (χ1) is 11.3. The topological polar surface area (TPSA) is 49.6 Å². The van der Waals surface area contributed by atoms with Crippen LogP contribution in [0, 0.1) is 0 Å². The van der Waals surface area contributed by atoms with Gasteiger partial charge in [0.25, 0.3) is 5.91 Å². The van der Waals surface area contributed by atoms with Gasteiger partial charge in [-0.05, 0) is 24.3 Å². The Labute approximate surface area is 142 Å². The predicted molar refractivity (Wildman–Crippen MR) is 93.2 cm³/mol. The molecule has 1 fully saturated rings. The van der Waals surface area contributed by atoms with E-state index in [9.17, 15) is 4.79 Å². The first-order valence-corrected chi connectivity index (χ1v) is 9.52. The van der Waals surface area contributed by atoms with Crippen molar-refractivity contribution in [3.8, 4) is 0 Å². The molecule has 120 valence electrons. The van der Waals surface area contributed by atoms with Crippen LogP contribution in [-0.4, -0.2) is 39.3 Å². The van der Waals surface area contributed by atoms with E-state index in [0.717, 1.165) is 37.4 Å². The summed E-state index contributed by atoms with van der Waals surface area (Å²) in [5.74, 6) is -0.0578. The third-order valence-corrected chi connectivity index (χ3v) is 5.84. The van der Waals surface area contributed by atoms with Crippen molar-refractivity contribution in [2.24, 2.45) is 0 Å². The molecule has 1 N–H and O–H groups in total. The van der Waals surface area contributed by atoms with E-state index in [4.69, 9.17) is 0 Å². The Hall–Kier alpha value is -1.70. The number of thiophene rings is 1. The molecule has 0 atom stereocenters. The van der Waals surface area contributed by atoms with Crippen molar-refractivity contribution >= 4 is 33.5 Å². The van der Waals surface area contributed by atoms with E-state index in [-0.39, 0.29) is 11.9 Å². The zero-order chi connectivity index (χ0) is 15.6. The summed E-state index contributed by atoms with van der Waals surface area (Å²) in [5.41, 5.74) is 0.512. The number of nitrogens with one attached hydrogen (secondary N) is 1. The summed E-state index contributed by atoms with van der Waals surface area (Å²) in [4.78, 5) is 21.4. The summed E-state index contributed by atoms with van der Waals surface area (Å²) in [6.45, 7) is 3.08. The Balaban J connectivity index is 1.30. The summed E-state index contributed by atoms with van der Waals surface area (Å²) in [6, 6.07) is 4.54.